The molecule has 2 rings (SSSR count). The summed E-state index contributed by atoms with van der Waals surface area (Å²) in [5.74, 6) is -0.430. The van der Waals surface area contributed by atoms with Crippen LogP contribution < -0.4 is 0 Å². The van der Waals surface area contributed by atoms with E-state index in [1.54, 1.807) is 47.6 Å². The predicted octanol–water partition coefficient (Wildman–Crippen LogP) is 2.99. The molecule has 0 aliphatic carbocycles. The largest absolute Gasteiger partial charge is 0.457 e. The van der Waals surface area contributed by atoms with Crippen LogP contribution in [0.4, 0.5) is 0 Å². The van der Waals surface area contributed by atoms with Crippen molar-refractivity contribution in [2.75, 3.05) is 0 Å². The highest BCUT2D eigenvalue weighted by atomic mass is 16.6. The molecule has 0 atom stereocenters. The first-order valence-electron chi connectivity index (χ1n) is 6.82. The van der Waals surface area contributed by atoms with Gasteiger partial charge in [-0.25, -0.2) is 9.78 Å². The van der Waals surface area contributed by atoms with Crippen LogP contribution in [-0.4, -0.2) is 21.1 Å². The van der Waals surface area contributed by atoms with Crippen LogP contribution in [0.5, 0.6) is 0 Å². The van der Waals surface area contributed by atoms with Crippen molar-refractivity contribution in [2.24, 2.45) is 0 Å². The van der Waals surface area contributed by atoms with E-state index in [2.05, 4.69) is 11.1 Å². The number of hydrogen-bond acceptors (Lipinski definition) is 4. The Hall–Kier alpha value is -2.87. The molecule has 22 heavy (non-hydrogen) atoms. The van der Waals surface area contributed by atoms with Crippen molar-refractivity contribution in [2.45, 2.75) is 26.4 Å². The van der Waals surface area contributed by atoms with E-state index in [4.69, 9.17) is 10.00 Å². The Bertz CT molecular complexity index is 715. The molecule has 1 heterocycles. The zero-order valence-electron chi connectivity index (χ0n) is 12.8. The number of ether oxygens (including phenoxy) is 1. The Kier molecular flexibility index (Phi) is 4.42. The van der Waals surface area contributed by atoms with Crippen molar-refractivity contribution < 1.29 is 9.53 Å². The maximum Gasteiger partial charge on any atom is 0.333 e. The quantitative estimate of drug-likeness (QED) is 0.645. The first kappa shape index (κ1) is 15.5. The summed E-state index contributed by atoms with van der Waals surface area (Å²) in [6.07, 6.45) is 6.41. The Balaban J connectivity index is 2.39. The molecule has 0 fully saturated rings. The lowest BCUT2D eigenvalue weighted by atomic mass is 10.1. The average Bonchev–Trinajstić information content (AvgIpc) is 2.97. The molecule has 0 bridgehead atoms. The van der Waals surface area contributed by atoms with E-state index in [0.717, 1.165) is 5.56 Å². The van der Waals surface area contributed by atoms with Crippen LogP contribution in [0.2, 0.25) is 0 Å². The van der Waals surface area contributed by atoms with Gasteiger partial charge in [-0.2, -0.15) is 5.26 Å². The number of carbonyl (C=O) groups excluding carboxylic acids is 1. The van der Waals surface area contributed by atoms with E-state index in [1.807, 2.05) is 20.8 Å². The van der Waals surface area contributed by atoms with E-state index in [0.29, 0.717) is 11.3 Å². The molecule has 112 valence electrons. The minimum atomic E-state index is -0.557. The van der Waals surface area contributed by atoms with Crippen molar-refractivity contribution in [1.82, 2.24) is 9.55 Å². The van der Waals surface area contributed by atoms with E-state index < -0.39 is 11.6 Å². The average molecular weight is 295 g/mol. The van der Waals surface area contributed by atoms with Gasteiger partial charge in [0.2, 0.25) is 0 Å². The fourth-order valence-corrected chi connectivity index (χ4v) is 1.87. The second kappa shape index (κ2) is 6.27. The van der Waals surface area contributed by atoms with Crippen LogP contribution in [0.15, 0.2) is 49.1 Å². The number of esters is 1. The van der Waals surface area contributed by atoms with E-state index in [1.165, 1.54) is 6.08 Å². The minimum absolute atomic E-state index is 0.430. The summed E-state index contributed by atoms with van der Waals surface area (Å²) in [4.78, 5) is 16.1. The molecule has 0 N–H and O–H groups in total. The molecule has 0 unspecified atom stereocenters. The smallest absolute Gasteiger partial charge is 0.333 e. The summed E-state index contributed by atoms with van der Waals surface area (Å²) in [7, 11) is 0. The van der Waals surface area contributed by atoms with Crippen LogP contribution in [0.1, 0.15) is 31.9 Å². The summed E-state index contributed by atoms with van der Waals surface area (Å²) in [5, 5.41) is 8.87. The third kappa shape index (κ3) is 4.06. The van der Waals surface area contributed by atoms with Crippen LogP contribution in [-0.2, 0) is 9.53 Å². The number of hydrogen-bond donors (Lipinski definition) is 0. The molecule has 0 spiro atoms. The van der Waals surface area contributed by atoms with Crippen molar-refractivity contribution >= 4 is 11.7 Å². The topological polar surface area (TPSA) is 67.9 Å². The molecule has 1 aromatic heterocycles. The molecule has 0 saturated carbocycles. The monoisotopic (exact) mass is 295 g/mol. The standard InChI is InChI=1S/C17H17N3O2/c1-17(2,3)22-16(21)10-15(20-9-8-19-12-20)14-6-4-13(11-18)5-7-14/h4-10,12H,1-3H3. The highest BCUT2D eigenvalue weighted by Gasteiger charge is 2.16. The first-order valence-corrected chi connectivity index (χ1v) is 6.82. The maximum atomic E-state index is 12.1. The molecular weight excluding hydrogens is 278 g/mol. The normalized spacial score (nSPS) is 11.8. The SMILES string of the molecule is CC(C)(C)OC(=O)C=C(c1ccc(C#N)cc1)n1ccnc1. The number of rotatable bonds is 3. The van der Waals surface area contributed by atoms with Gasteiger partial charge in [-0.15, -0.1) is 0 Å². The first-order chi connectivity index (χ1) is 10.4. The highest BCUT2D eigenvalue weighted by Crippen LogP contribution is 2.19. The van der Waals surface area contributed by atoms with E-state index in [9.17, 15) is 4.79 Å². The summed E-state index contributed by atoms with van der Waals surface area (Å²) < 4.78 is 7.06. The minimum Gasteiger partial charge on any atom is -0.457 e. The molecule has 2 aromatic rings. The van der Waals surface area contributed by atoms with Crippen molar-refractivity contribution in [3.8, 4) is 6.07 Å². The van der Waals surface area contributed by atoms with Gasteiger partial charge in [0.15, 0.2) is 0 Å². The maximum absolute atomic E-state index is 12.1. The number of nitrogens with zero attached hydrogens (tertiary/aromatic N) is 3. The van der Waals surface area contributed by atoms with Crippen LogP contribution >= 0.6 is 0 Å². The van der Waals surface area contributed by atoms with Gasteiger partial charge < -0.3 is 9.30 Å². The van der Waals surface area contributed by atoms with Gasteiger partial charge in [0.25, 0.3) is 0 Å². The number of aromatic nitrogens is 2. The number of carbonyl (C=O) groups is 1. The van der Waals surface area contributed by atoms with Crippen LogP contribution in [0.25, 0.3) is 5.70 Å². The third-order valence-electron chi connectivity index (χ3n) is 2.75. The van der Waals surface area contributed by atoms with Crippen LogP contribution in [0.3, 0.4) is 0 Å². The van der Waals surface area contributed by atoms with E-state index in [-0.39, 0.29) is 0 Å². The predicted molar refractivity (Wildman–Crippen MR) is 82.6 cm³/mol. The lowest BCUT2D eigenvalue weighted by Crippen LogP contribution is -2.23. The molecule has 0 saturated heterocycles. The van der Waals surface area contributed by atoms with Gasteiger partial charge in [0.05, 0.1) is 23.7 Å². The summed E-state index contributed by atoms with van der Waals surface area (Å²) >= 11 is 0. The van der Waals surface area contributed by atoms with Gasteiger partial charge in [-0.05, 0) is 38.5 Å². The molecule has 0 aliphatic heterocycles. The van der Waals surface area contributed by atoms with Gasteiger partial charge in [-0.3, -0.25) is 0 Å². The molecule has 1 aromatic carbocycles. The van der Waals surface area contributed by atoms with Gasteiger partial charge in [-0.1, -0.05) is 12.1 Å². The number of benzene rings is 1. The Morgan fingerprint density at radius 3 is 2.50 bits per heavy atom. The Morgan fingerprint density at radius 2 is 2.00 bits per heavy atom. The summed E-state index contributed by atoms with van der Waals surface area (Å²) in [6, 6.07) is 9.05. The lowest BCUT2D eigenvalue weighted by molar-refractivity contribution is -0.148. The zero-order chi connectivity index (χ0) is 16.2. The molecule has 0 amide bonds. The molecular formula is C17H17N3O2. The fourth-order valence-electron chi connectivity index (χ4n) is 1.87. The van der Waals surface area contributed by atoms with E-state index >= 15 is 0 Å². The molecule has 5 nitrogen and oxygen atoms in total. The number of imidazole rings is 1. The summed E-state index contributed by atoms with van der Waals surface area (Å²) in [6.45, 7) is 5.45. The highest BCUT2D eigenvalue weighted by molar-refractivity contribution is 5.91. The Morgan fingerprint density at radius 1 is 1.32 bits per heavy atom. The van der Waals surface area contributed by atoms with Gasteiger partial charge >= 0.3 is 5.97 Å². The van der Waals surface area contributed by atoms with Gasteiger partial charge in [0.1, 0.15) is 5.60 Å². The Labute approximate surface area is 129 Å². The van der Waals surface area contributed by atoms with Crippen molar-refractivity contribution in [3.63, 3.8) is 0 Å². The lowest BCUT2D eigenvalue weighted by Gasteiger charge is -2.19. The van der Waals surface area contributed by atoms with Gasteiger partial charge in [0, 0.05) is 18.5 Å². The van der Waals surface area contributed by atoms with Crippen molar-refractivity contribution in [3.05, 3.63) is 60.2 Å². The second-order valence-electron chi connectivity index (χ2n) is 5.72. The second-order valence-corrected chi connectivity index (χ2v) is 5.72. The number of nitriles is 1. The molecule has 0 aliphatic rings. The van der Waals surface area contributed by atoms with Crippen molar-refractivity contribution in [1.29, 1.82) is 5.26 Å². The zero-order valence-corrected chi connectivity index (χ0v) is 12.8. The van der Waals surface area contributed by atoms with Crippen LogP contribution in [0, 0.1) is 11.3 Å². The third-order valence-corrected chi connectivity index (χ3v) is 2.75. The summed E-state index contributed by atoms with van der Waals surface area (Å²) in [5.41, 5.74) is 1.43. The molecule has 5 heteroatoms. The molecule has 0 radical (unpaired) electrons. The fraction of sp³-hybridized carbons (Fsp3) is 0.235.